The van der Waals surface area contributed by atoms with E-state index in [0.29, 0.717) is 12.8 Å². The normalized spacial score (nSPS) is 10.4. The molecule has 21 heavy (non-hydrogen) atoms. The van der Waals surface area contributed by atoms with Crippen LogP contribution < -0.4 is 4.74 Å². The summed E-state index contributed by atoms with van der Waals surface area (Å²) < 4.78 is 5.12. The van der Waals surface area contributed by atoms with Crippen molar-refractivity contribution in [1.82, 2.24) is 0 Å². The van der Waals surface area contributed by atoms with Crippen molar-refractivity contribution < 1.29 is 4.74 Å². The van der Waals surface area contributed by atoms with Crippen molar-refractivity contribution in [2.24, 2.45) is 5.41 Å². The number of methoxy groups -OCH3 is 1. The summed E-state index contributed by atoms with van der Waals surface area (Å²) in [4.78, 5) is 0. The van der Waals surface area contributed by atoms with Crippen molar-refractivity contribution in [2.45, 2.75) is 12.8 Å². The standard InChI is InChI=1S/C18H16N2O/c1-21-17-9-7-16(8-10-17)12-18(13-19,14-20)11-15-5-3-2-4-6-15/h2-10H,11-12H2,1H3. The SMILES string of the molecule is COc1ccc(CC(C#N)(C#N)Cc2ccccc2)cc1. The van der Waals surface area contributed by atoms with Crippen LogP contribution in [0.3, 0.4) is 0 Å². The van der Waals surface area contributed by atoms with Gasteiger partial charge in [-0.2, -0.15) is 10.5 Å². The maximum absolute atomic E-state index is 9.50. The first-order valence-electron chi connectivity index (χ1n) is 6.71. The van der Waals surface area contributed by atoms with Crippen molar-refractivity contribution in [3.8, 4) is 17.9 Å². The summed E-state index contributed by atoms with van der Waals surface area (Å²) in [5, 5.41) is 19.0. The Morgan fingerprint density at radius 2 is 1.38 bits per heavy atom. The van der Waals surface area contributed by atoms with Crippen molar-refractivity contribution in [1.29, 1.82) is 10.5 Å². The molecule has 2 aromatic carbocycles. The molecule has 104 valence electrons. The predicted octanol–water partition coefficient (Wildman–Crippen LogP) is 3.51. The fourth-order valence-corrected chi connectivity index (χ4v) is 2.28. The number of hydrogen-bond acceptors (Lipinski definition) is 3. The molecule has 0 aliphatic carbocycles. The van der Waals surface area contributed by atoms with Gasteiger partial charge in [-0.3, -0.25) is 0 Å². The first-order valence-corrected chi connectivity index (χ1v) is 6.71. The average Bonchev–Trinajstić information content (AvgIpc) is 2.56. The van der Waals surface area contributed by atoms with Crippen molar-refractivity contribution in [2.75, 3.05) is 7.11 Å². The van der Waals surface area contributed by atoms with Gasteiger partial charge in [-0.25, -0.2) is 0 Å². The summed E-state index contributed by atoms with van der Waals surface area (Å²) >= 11 is 0. The molecular formula is C18H16N2O. The molecule has 0 amide bonds. The van der Waals surface area contributed by atoms with Gasteiger partial charge in [-0.15, -0.1) is 0 Å². The third-order valence-electron chi connectivity index (χ3n) is 3.44. The summed E-state index contributed by atoms with van der Waals surface area (Å²) in [6, 6.07) is 21.5. The smallest absolute Gasteiger partial charge is 0.151 e. The van der Waals surface area contributed by atoms with Crippen molar-refractivity contribution in [3.63, 3.8) is 0 Å². The number of nitriles is 2. The van der Waals surface area contributed by atoms with Crippen LogP contribution >= 0.6 is 0 Å². The zero-order valence-electron chi connectivity index (χ0n) is 11.9. The molecule has 0 spiro atoms. The monoisotopic (exact) mass is 276 g/mol. The Morgan fingerprint density at radius 3 is 1.86 bits per heavy atom. The Morgan fingerprint density at radius 1 is 0.857 bits per heavy atom. The second kappa shape index (κ2) is 6.59. The lowest BCUT2D eigenvalue weighted by atomic mass is 9.79. The first-order chi connectivity index (χ1) is 10.2. The minimum absolute atomic E-state index is 0.402. The van der Waals surface area contributed by atoms with Crippen LogP contribution in [0.15, 0.2) is 54.6 Å². The maximum Gasteiger partial charge on any atom is 0.151 e. The molecule has 3 heteroatoms. The van der Waals surface area contributed by atoms with Gasteiger partial charge in [-0.05, 0) is 23.3 Å². The van der Waals surface area contributed by atoms with Crippen LogP contribution in [0.25, 0.3) is 0 Å². The highest BCUT2D eigenvalue weighted by Gasteiger charge is 2.30. The Labute approximate surface area is 125 Å². The zero-order valence-corrected chi connectivity index (χ0v) is 11.9. The molecule has 0 heterocycles. The Kier molecular flexibility index (Phi) is 4.59. The van der Waals surface area contributed by atoms with Crippen molar-refractivity contribution in [3.05, 3.63) is 65.7 Å². The number of nitrogens with zero attached hydrogens (tertiary/aromatic N) is 2. The Balaban J connectivity index is 2.22. The number of hydrogen-bond donors (Lipinski definition) is 0. The molecule has 0 bridgehead atoms. The number of rotatable bonds is 5. The first kappa shape index (κ1) is 14.6. The highest BCUT2D eigenvalue weighted by molar-refractivity contribution is 5.32. The molecule has 0 aromatic heterocycles. The van der Waals surface area contributed by atoms with Crippen molar-refractivity contribution >= 4 is 0 Å². The molecule has 3 nitrogen and oxygen atoms in total. The molecule has 0 fully saturated rings. The molecule has 0 unspecified atom stereocenters. The molecule has 0 aliphatic rings. The fourth-order valence-electron chi connectivity index (χ4n) is 2.28. The lowest BCUT2D eigenvalue weighted by Gasteiger charge is -2.19. The van der Waals surface area contributed by atoms with E-state index in [0.717, 1.165) is 16.9 Å². The summed E-state index contributed by atoms with van der Waals surface area (Å²) in [6.07, 6.45) is 0.825. The minimum Gasteiger partial charge on any atom is -0.497 e. The molecule has 0 saturated carbocycles. The van der Waals surface area contributed by atoms with Gasteiger partial charge in [-0.1, -0.05) is 42.5 Å². The van der Waals surface area contributed by atoms with Crippen LogP contribution in [0, 0.1) is 28.1 Å². The van der Waals surface area contributed by atoms with Gasteiger partial charge in [0.2, 0.25) is 0 Å². The minimum atomic E-state index is -1.05. The summed E-state index contributed by atoms with van der Waals surface area (Å²) in [6.45, 7) is 0. The van der Waals surface area contributed by atoms with E-state index in [9.17, 15) is 10.5 Å². The lowest BCUT2D eigenvalue weighted by molar-refractivity contribution is 0.414. The fraction of sp³-hybridized carbons (Fsp3) is 0.222. The van der Waals surface area contributed by atoms with Gasteiger partial charge in [0.25, 0.3) is 0 Å². The van der Waals surface area contributed by atoms with Gasteiger partial charge in [0.1, 0.15) is 5.75 Å². The maximum atomic E-state index is 9.50. The van der Waals surface area contributed by atoms with Gasteiger partial charge in [0.05, 0.1) is 19.2 Å². The van der Waals surface area contributed by atoms with Gasteiger partial charge < -0.3 is 4.74 Å². The molecular weight excluding hydrogens is 260 g/mol. The average molecular weight is 276 g/mol. The summed E-state index contributed by atoms with van der Waals surface area (Å²) in [7, 11) is 1.61. The third-order valence-corrected chi connectivity index (χ3v) is 3.44. The highest BCUT2D eigenvalue weighted by atomic mass is 16.5. The molecule has 0 N–H and O–H groups in total. The topological polar surface area (TPSA) is 56.8 Å². The van der Waals surface area contributed by atoms with Crippen LogP contribution in [0.5, 0.6) is 5.75 Å². The van der Waals surface area contributed by atoms with E-state index in [1.54, 1.807) is 7.11 Å². The third kappa shape index (κ3) is 3.61. The second-order valence-electron chi connectivity index (χ2n) is 4.99. The van der Waals surface area contributed by atoms with Crippen LogP contribution in [0.4, 0.5) is 0 Å². The highest BCUT2D eigenvalue weighted by Crippen LogP contribution is 2.27. The molecule has 0 radical (unpaired) electrons. The quantitative estimate of drug-likeness (QED) is 0.839. The molecule has 0 atom stereocenters. The van der Waals surface area contributed by atoms with Gasteiger partial charge in [0, 0.05) is 12.8 Å². The largest absolute Gasteiger partial charge is 0.497 e. The molecule has 0 aliphatic heterocycles. The second-order valence-corrected chi connectivity index (χ2v) is 4.99. The van der Waals surface area contributed by atoms with Gasteiger partial charge >= 0.3 is 0 Å². The molecule has 0 saturated heterocycles. The van der Waals surface area contributed by atoms with E-state index >= 15 is 0 Å². The van der Waals surface area contributed by atoms with Crippen LogP contribution in [0.1, 0.15) is 11.1 Å². The summed E-state index contributed by atoms with van der Waals surface area (Å²) in [5.74, 6) is 0.765. The van der Waals surface area contributed by atoms with Crippen LogP contribution in [-0.4, -0.2) is 7.11 Å². The van der Waals surface area contributed by atoms with E-state index < -0.39 is 5.41 Å². The van der Waals surface area contributed by atoms with E-state index in [-0.39, 0.29) is 0 Å². The number of benzene rings is 2. The van der Waals surface area contributed by atoms with E-state index in [1.807, 2.05) is 54.6 Å². The predicted molar refractivity (Wildman–Crippen MR) is 80.5 cm³/mol. The van der Waals surface area contributed by atoms with E-state index in [2.05, 4.69) is 12.1 Å². The van der Waals surface area contributed by atoms with E-state index in [1.165, 1.54) is 0 Å². The number of ether oxygens (including phenoxy) is 1. The molecule has 2 rings (SSSR count). The Bertz CT molecular complexity index is 649. The summed E-state index contributed by atoms with van der Waals surface area (Å²) in [5.41, 5.74) is 0.902. The van der Waals surface area contributed by atoms with E-state index in [4.69, 9.17) is 4.74 Å². The lowest BCUT2D eigenvalue weighted by Crippen LogP contribution is -2.22. The molecule has 2 aromatic rings. The Hall–Kier alpha value is -2.78. The van der Waals surface area contributed by atoms with Crippen LogP contribution in [-0.2, 0) is 12.8 Å². The zero-order chi connectivity index (χ0) is 15.1. The van der Waals surface area contributed by atoms with Crippen LogP contribution in [0.2, 0.25) is 0 Å². The van der Waals surface area contributed by atoms with Gasteiger partial charge in [0.15, 0.2) is 5.41 Å².